The Bertz CT molecular complexity index is 1570. The first-order valence-corrected chi connectivity index (χ1v) is 14.6. The van der Waals surface area contributed by atoms with Gasteiger partial charge in [-0.1, -0.05) is 36.4 Å². The van der Waals surface area contributed by atoms with Crippen molar-refractivity contribution in [2.45, 2.75) is 43.1 Å². The van der Waals surface area contributed by atoms with Gasteiger partial charge in [0.15, 0.2) is 0 Å². The average Bonchev–Trinajstić information content (AvgIpc) is 3.47. The topological polar surface area (TPSA) is 117 Å². The lowest BCUT2D eigenvalue weighted by Crippen LogP contribution is -2.47. The third kappa shape index (κ3) is 6.59. The number of carbonyl (C=O) groups excluding carboxylic acids is 1. The van der Waals surface area contributed by atoms with Crippen LogP contribution in [0, 0.1) is 17.6 Å². The predicted molar refractivity (Wildman–Crippen MR) is 162 cm³/mol. The molecule has 5 atom stereocenters. The van der Waals surface area contributed by atoms with Gasteiger partial charge >= 0.3 is 0 Å². The van der Waals surface area contributed by atoms with Gasteiger partial charge in [0, 0.05) is 36.5 Å². The Hall–Kier alpha value is -4.32. The van der Waals surface area contributed by atoms with Gasteiger partial charge in [-0.2, -0.15) is 0 Å². The monoisotopic (exact) mass is 602 g/mol. The number of hydrogen-bond acceptors (Lipinski definition) is 6. The molecule has 0 aliphatic carbocycles. The molecule has 2 aliphatic heterocycles. The molecule has 4 aromatic rings. The minimum Gasteiger partial charge on any atom is -0.375 e. The molecule has 0 bridgehead atoms. The molecule has 2 aliphatic rings. The fourth-order valence-electron chi connectivity index (χ4n) is 5.83. The van der Waals surface area contributed by atoms with Crippen molar-refractivity contribution < 1.29 is 22.7 Å². The van der Waals surface area contributed by atoms with Crippen LogP contribution in [0.1, 0.15) is 41.8 Å². The standard InChI is InChI=1S/C33H33F3N6O2/c34-21-9-5-19(6-10-21)30(20-7-11-22(35)12-8-20)31(37)33(43)42-28-17-38-16-25(36)24(28)14-13-23-15-39-29(18-44-23)32-40-26-3-1-2-4-27(26)41-32/h1-12,16-17,23-25,29-31,39H,13-15,18,37H2,(H,40,41)(H,42,43)/t23-,24?,25?,29+,31+/m1/s1. The normalized spacial score (nSPS) is 22.6. The number of ether oxygens (including phenoxy) is 1. The first-order chi connectivity index (χ1) is 21.4. The van der Waals surface area contributed by atoms with E-state index in [1.54, 1.807) is 0 Å². The molecule has 5 N–H and O–H groups in total. The number of aliphatic imine (C=N–C) groups is 1. The molecule has 0 radical (unpaired) electrons. The molecular formula is C33H33F3N6O2. The second-order valence-electron chi connectivity index (χ2n) is 11.2. The number of nitrogens with zero attached hydrogens (tertiary/aromatic N) is 2. The fraction of sp³-hybridized carbons (Fsp3) is 0.303. The summed E-state index contributed by atoms with van der Waals surface area (Å²) in [7, 11) is 0. The van der Waals surface area contributed by atoms with Crippen LogP contribution in [0.2, 0.25) is 0 Å². The number of para-hydroxylation sites is 2. The number of allylic oxidation sites excluding steroid dienone is 1. The number of morpholine rings is 1. The zero-order valence-electron chi connectivity index (χ0n) is 23.8. The summed E-state index contributed by atoms with van der Waals surface area (Å²) in [5.74, 6) is -1.99. The summed E-state index contributed by atoms with van der Waals surface area (Å²) in [6.07, 6.45) is 2.05. The number of benzene rings is 3. The van der Waals surface area contributed by atoms with Crippen molar-refractivity contribution in [3.8, 4) is 0 Å². The minimum absolute atomic E-state index is 0.0826. The van der Waals surface area contributed by atoms with E-state index in [2.05, 4.69) is 25.6 Å². The Morgan fingerprint density at radius 1 is 1.00 bits per heavy atom. The van der Waals surface area contributed by atoms with Crippen LogP contribution in [0.5, 0.6) is 0 Å². The largest absolute Gasteiger partial charge is 0.375 e. The zero-order chi connectivity index (χ0) is 30.6. The second kappa shape index (κ2) is 13.1. The van der Waals surface area contributed by atoms with Gasteiger partial charge in [-0.25, -0.2) is 18.2 Å². The molecule has 1 fully saturated rings. The number of alkyl halides is 1. The van der Waals surface area contributed by atoms with Gasteiger partial charge in [0.1, 0.15) is 23.6 Å². The number of rotatable bonds is 9. The SMILES string of the molecule is N[C@H](C(=O)NC1=CN=CC(F)C1CC[C@@H]1CN[C@H](c2nc3ccccc3[nH]2)CO1)C(c1ccc(F)cc1)c1ccc(F)cc1. The number of nitrogens with two attached hydrogens (primary N) is 1. The van der Waals surface area contributed by atoms with E-state index in [0.29, 0.717) is 42.8 Å². The molecule has 0 spiro atoms. The first kappa shape index (κ1) is 29.7. The summed E-state index contributed by atoms with van der Waals surface area (Å²) in [5.41, 5.74) is 9.82. The average molecular weight is 603 g/mol. The van der Waals surface area contributed by atoms with Crippen molar-refractivity contribution in [2.24, 2.45) is 16.6 Å². The molecular weight excluding hydrogens is 569 g/mol. The van der Waals surface area contributed by atoms with Crippen molar-refractivity contribution in [1.82, 2.24) is 20.6 Å². The van der Waals surface area contributed by atoms with E-state index < -0.39 is 41.6 Å². The summed E-state index contributed by atoms with van der Waals surface area (Å²) in [6, 6.07) is 17.9. The predicted octanol–water partition coefficient (Wildman–Crippen LogP) is 4.81. The lowest BCUT2D eigenvalue weighted by molar-refractivity contribution is -0.122. The van der Waals surface area contributed by atoms with E-state index in [4.69, 9.17) is 10.5 Å². The second-order valence-corrected chi connectivity index (χ2v) is 11.2. The number of aromatic amines is 1. The van der Waals surface area contributed by atoms with Crippen LogP contribution in [0.15, 0.2) is 89.7 Å². The Labute approximate surface area is 252 Å². The maximum Gasteiger partial charge on any atom is 0.242 e. The lowest BCUT2D eigenvalue weighted by atomic mass is 9.84. The van der Waals surface area contributed by atoms with Gasteiger partial charge in [0.2, 0.25) is 5.91 Å². The molecule has 44 heavy (non-hydrogen) atoms. The van der Waals surface area contributed by atoms with Crippen LogP contribution in [-0.2, 0) is 9.53 Å². The fourth-order valence-corrected chi connectivity index (χ4v) is 5.83. The van der Waals surface area contributed by atoms with Crippen molar-refractivity contribution >= 4 is 23.2 Å². The Kier molecular flexibility index (Phi) is 8.87. The molecule has 1 amide bonds. The van der Waals surface area contributed by atoms with E-state index in [-0.39, 0.29) is 12.1 Å². The molecule has 1 aromatic heterocycles. The van der Waals surface area contributed by atoms with E-state index >= 15 is 4.39 Å². The number of aromatic nitrogens is 2. The smallest absolute Gasteiger partial charge is 0.242 e. The molecule has 3 aromatic carbocycles. The van der Waals surface area contributed by atoms with Gasteiger partial charge < -0.3 is 26.1 Å². The molecule has 8 nitrogen and oxygen atoms in total. The minimum atomic E-state index is -1.41. The Balaban J connectivity index is 1.09. The molecule has 0 saturated carbocycles. The number of nitrogens with one attached hydrogen (secondary N) is 3. The highest BCUT2D eigenvalue weighted by atomic mass is 19.1. The highest BCUT2D eigenvalue weighted by molar-refractivity contribution is 5.85. The lowest BCUT2D eigenvalue weighted by Gasteiger charge is -2.32. The third-order valence-corrected chi connectivity index (χ3v) is 8.24. The van der Waals surface area contributed by atoms with Crippen LogP contribution in [-0.4, -0.2) is 53.6 Å². The summed E-state index contributed by atoms with van der Waals surface area (Å²) in [5, 5.41) is 6.26. The van der Waals surface area contributed by atoms with Crippen molar-refractivity contribution in [2.75, 3.05) is 13.2 Å². The van der Waals surface area contributed by atoms with Gasteiger partial charge in [0.05, 0.1) is 35.8 Å². The van der Waals surface area contributed by atoms with Crippen molar-refractivity contribution in [3.05, 3.63) is 113 Å². The van der Waals surface area contributed by atoms with E-state index in [1.807, 2.05) is 24.3 Å². The van der Waals surface area contributed by atoms with Crippen LogP contribution < -0.4 is 16.4 Å². The summed E-state index contributed by atoms with van der Waals surface area (Å²) < 4.78 is 48.6. The van der Waals surface area contributed by atoms with Gasteiger partial charge in [0.25, 0.3) is 0 Å². The molecule has 1 saturated heterocycles. The van der Waals surface area contributed by atoms with Crippen LogP contribution in [0.25, 0.3) is 11.0 Å². The Morgan fingerprint density at radius 2 is 1.68 bits per heavy atom. The van der Waals surface area contributed by atoms with E-state index in [1.165, 1.54) is 60.9 Å². The number of imidazole rings is 1. The third-order valence-electron chi connectivity index (χ3n) is 8.24. The highest BCUT2D eigenvalue weighted by Gasteiger charge is 2.33. The highest BCUT2D eigenvalue weighted by Crippen LogP contribution is 2.30. The number of halogens is 3. The number of fused-ring (bicyclic) bond motifs is 1. The Morgan fingerprint density at radius 3 is 2.32 bits per heavy atom. The van der Waals surface area contributed by atoms with Crippen LogP contribution in [0.4, 0.5) is 13.2 Å². The van der Waals surface area contributed by atoms with Gasteiger partial charge in [-0.3, -0.25) is 9.79 Å². The quantitative estimate of drug-likeness (QED) is 0.220. The maximum atomic E-state index is 15.1. The van der Waals surface area contributed by atoms with Gasteiger partial charge in [-0.05, 0) is 60.4 Å². The number of amides is 1. The molecule has 3 heterocycles. The van der Waals surface area contributed by atoms with Crippen molar-refractivity contribution in [1.29, 1.82) is 0 Å². The summed E-state index contributed by atoms with van der Waals surface area (Å²) >= 11 is 0. The van der Waals surface area contributed by atoms with Gasteiger partial charge in [-0.15, -0.1) is 0 Å². The summed E-state index contributed by atoms with van der Waals surface area (Å²) in [4.78, 5) is 25.4. The summed E-state index contributed by atoms with van der Waals surface area (Å²) in [6.45, 7) is 0.977. The molecule has 6 rings (SSSR count). The molecule has 228 valence electrons. The number of hydrogen-bond donors (Lipinski definition) is 4. The van der Waals surface area contributed by atoms with Crippen LogP contribution >= 0.6 is 0 Å². The first-order valence-electron chi connectivity index (χ1n) is 14.6. The number of H-pyrrole nitrogens is 1. The van der Waals surface area contributed by atoms with E-state index in [9.17, 15) is 13.6 Å². The zero-order valence-corrected chi connectivity index (χ0v) is 23.8. The van der Waals surface area contributed by atoms with Crippen molar-refractivity contribution in [3.63, 3.8) is 0 Å². The van der Waals surface area contributed by atoms with Crippen LogP contribution in [0.3, 0.4) is 0 Å². The molecule has 11 heteroatoms. The molecule has 2 unspecified atom stereocenters. The van der Waals surface area contributed by atoms with E-state index in [0.717, 1.165) is 16.9 Å². The maximum absolute atomic E-state index is 15.1. The number of carbonyl (C=O) groups is 1.